The van der Waals surface area contributed by atoms with Crippen molar-refractivity contribution in [1.82, 2.24) is 5.32 Å². The molecule has 6 heteroatoms. The molecular weight excluding hydrogens is 259 g/mol. The van der Waals surface area contributed by atoms with Gasteiger partial charge < -0.3 is 10.1 Å². The van der Waals surface area contributed by atoms with Crippen LogP contribution in [0.1, 0.15) is 32.1 Å². The first-order valence-electron chi connectivity index (χ1n) is 6.80. The predicted octanol–water partition coefficient (Wildman–Crippen LogP) is 2.26. The topological polar surface area (TPSA) is 38.3 Å². The number of rotatable bonds is 2. The SMILES string of the molecule is CNC1C2CC3CC1CC(OC(=O)C(F)(F)F)(C3)C2. The van der Waals surface area contributed by atoms with Crippen LogP contribution in [0.25, 0.3) is 0 Å². The molecule has 4 rings (SSSR count). The quantitative estimate of drug-likeness (QED) is 0.787. The van der Waals surface area contributed by atoms with Gasteiger partial charge in [-0.2, -0.15) is 13.2 Å². The molecule has 0 radical (unpaired) electrons. The van der Waals surface area contributed by atoms with Crippen LogP contribution in [0.2, 0.25) is 0 Å². The van der Waals surface area contributed by atoms with Gasteiger partial charge in [0.15, 0.2) is 0 Å². The maximum Gasteiger partial charge on any atom is 0.490 e. The molecule has 0 amide bonds. The van der Waals surface area contributed by atoms with Crippen LogP contribution >= 0.6 is 0 Å². The van der Waals surface area contributed by atoms with Gasteiger partial charge in [0.1, 0.15) is 5.60 Å². The lowest BCUT2D eigenvalue weighted by molar-refractivity contribution is -0.232. The van der Waals surface area contributed by atoms with Crippen LogP contribution in [0.4, 0.5) is 13.2 Å². The Balaban J connectivity index is 1.78. The van der Waals surface area contributed by atoms with E-state index in [1.165, 1.54) is 0 Å². The lowest BCUT2D eigenvalue weighted by Crippen LogP contribution is -2.62. The zero-order valence-corrected chi connectivity index (χ0v) is 10.8. The summed E-state index contributed by atoms with van der Waals surface area (Å²) in [4.78, 5) is 11.1. The molecule has 0 spiro atoms. The summed E-state index contributed by atoms with van der Waals surface area (Å²) in [5, 5.41) is 3.29. The highest BCUT2D eigenvalue weighted by molar-refractivity contribution is 5.76. The second-order valence-corrected chi connectivity index (χ2v) is 6.35. The summed E-state index contributed by atoms with van der Waals surface area (Å²) in [6.07, 6.45) is -1.02. The normalized spacial score (nSPS) is 44.4. The summed E-state index contributed by atoms with van der Waals surface area (Å²) in [7, 11) is 1.90. The first-order valence-corrected chi connectivity index (χ1v) is 6.80. The van der Waals surface area contributed by atoms with E-state index in [0.29, 0.717) is 43.1 Å². The summed E-state index contributed by atoms with van der Waals surface area (Å²) in [5.41, 5.74) is -0.851. The average molecular weight is 277 g/mol. The molecular formula is C13H18F3NO2. The van der Waals surface area contributed by atoms with Gasteiger partial charge in [-0.25, -0.2) is 4.79 Å². The van der Waals surface area contributed by atoms with Crippen molar-refractivity contribution >= 4 is 5.97 Å². The number of halogens is 3. The Labute approximate surface area is 109 Å². The molecule has 0 aromatic carbocycles. The van der Waals surface area contributed by atoms with E-state index in [1.807, 2.05) is 7.05 Å². The zero-order chi connectivity index (χ0) is 13.8. The third-order valence-electron chi connectivity index (χ3n) is 5.09. The third kappa shape index (κ3) is 2.14. The van der Waals surface area contributed by atoms with Gasteiger partial charge in [0.25, 0.3) is 0 Å². The number of esters is 1. The second-order valence-electron chi connectivity index (χ2n) is 6.35. The molecule has 1 N–H and O–H groups in total. The molecule has 0 aromatic heterocycles. The first-order chi connectivity index (χ1) is 8.83. The smallest absolute Gasteiger partial charge is 0.452 e. The standard InChI is InChI=1S/C13H18F3NO2/c1-17-10-8-2-7-3-9(10)6-12(4-7,5-8)19-11(18)13(14,15)16/h7-10,17H,2-6H2,1H3. The molecule has 4 bridgehead atoms. The Hall–Kier alpha value is -0.780. The summed E-state index contributed by atoms with van der Waals surface area (Å²) in [6, 6.07) is 0.370. The Morgan fingerprint density at radius 3 is 2.26 bits per heavy atom. The summed E-state index contributed by atoms with van der Waals surface area (Å²) in [6.45, 7) is 0. The number of carbonyl (C=O) groups excluding carboxylic acids is 1. The number of hydrogen-bond acceptors (Lipinski definition) is 3. The largest absolute Gasteiger partial charge is 0.490 e. The lowest BCUT2D eigenvalue weighted by Gasteiger charge is -2.59. The summed E-state index contributed by atoms with van der Waals surface area (Å²) in [5.74, 6) is -0.909. The summed E-state index contributed by atoms with van der Waals surface area (Å²) >= 11 is 0. The van der Waals surface area contributed by atoms with Crippen LogP contribution in [0, 0.1) is 17.8 Å². The van der Waals surface area contributed by atoms with Gasteiger partial charge in [-0.3, -0.25) is 0 Å². The molecule has 2 atom stereocenters. The minimum Gasteiger partial charge on any atom is -0.452 e. The Morgan fingerprint density at radius 1 is 1.21 bits per heavy atom. The van der Waals surface area contributed by atoms with Crippen LogP contribution in [0.3, 0.4) is 0 Å². The van der Waals surface area contributed by atoms with Crippen molar-refractivity contribution in [3.8, 4) is 0 Å². The van der Waals surface area contributed by atoms with Gasteiger partial charge in [0, 0.05) is 6.04 Å². The van der Waals surface area contributed by atoms with Gasteiger partial charge in [-0.05, 0) is 56.9 Å². The highest BCUT2D eigenvalue weighted by Crippen LogP contribution is 2.57. The van der Waals surface area contributed by atoms with Crippen LogP contribution in [0.5, 0.6) is 0 Å². The van der Waals surface area contributed by atoms with E-state index >= 15 is 0 Å². The Kier molecular flexibility index (Phi) is 2.86. The Morgan fingerprint density at radius 2 is 1.79 bits per heavy atom. The van der Waals surface area contributed by atoms with Gasteiger partial charge in [-0.1, -0.05) is 0 Å². The van der Waals surface area contributed by atoms with Crippen LogP contribution in [-0.2, 0) is 9.53 Å². The van der Waals surface area contributed by atoms with Crippen molar-refractivity contribution in [1.29, 1.82) is 0 Å². The number of carbonyl (C=O) groups is 1. The lowest BCUT2D eigenvalue weighted by atomic mass is 9.52. The van der Waals surface area contributed by atoms with Gasteiger partial charge >= 0.3 is 12.1 Å². The molecule has 3 nitrogen and oxygen atoms in total. The second kappa shape index (κ2) is 4.11. The average Bonchev–Trinajstić information content (AvgIpc) is 2.25. The Bertz CT molecular complexity index is 380. The number of hydrogen-bond donors (Lipinski definition) is 1. The first kappa shape index (κ1) is 13.2. The fraction of sp³-hybridized carbons (Fsp3) is 0.923. The van der Waals surface area contributed by atoms with E-state index in [-0.39, 0.29) is 0 Å². The van der Waals surface area contributed by atoms with Crippen molar-refractivity contribution < 1.29 is 22.7 Å². The maximum absolute atomic E-state index is 12.4. The molecule has 0 saturated heterocycles. The molecule has 19 heavy (non-hydrogen) atoms. The minimum atomic E-state index is -4.88. The maximum atomic E-state index is 12.4. The van der Waals surface area contributed by atoms with E-state index in [1.54, 1.807) is 0 Å². The molecule has 0 aromatic rings. The highest BCUT2D eigenvalue weighted by atomic mass is 19.4. The van der Waals surface area contributed by atoms with E-state index < -0.39 is 17.7 Å². The van der Waals surface area contributed by atoms with Crippen LogP contribution < -0.4 is 5.32 Å². The monoisotopic (exact) mass is 277 g/mol. The van der Waals surface area contributed by atoms with Crippen molar-refractivity contribution in [2.75, 3.05) is 7.05 Å². The van der Waals surface area contributed by atoms with Gasteiger partial charge in [0.05, 0.1) is 0 Å². The summed E-state index contributed by atoms with van der Waals surface area (Å²) < 4.78 is 42.1. The fourth-order valence-corrected chi connectivity index (χ4v) is 4.80. The highest BCUT2D eigenvalue weighted by Gasteiger charge is 2.58. The van der Waals surface area contributed by atoms with Crippen LogP contribution in [-0.4, -0.2) is 30.8 Å². The fourth-order valence-electron chi connectivity index (χ4n) is 4.80. The predicted molar refractivity (Wildman–Crippen MR) is 61.3 cm³/mol. The minimum absolute atomic E-state index is 0.345. The van der Waals surface area contributed by atoms with Crippen molar-refractivity contribution in [2.24, 2.45) is 17.8 Å². The zero-order valence-electron chi connectivity index (χ0n) is 10.8. The number of alkyl halides is 3. The van der Waals surface area contributed by atoms with Gasteiger partial charge in [-0.15, -0.1) is 0 Å². The van der Waals surface area contributed by atoms with Crippen LogP contribution in [0.15, 0.2) is 0 Å². The molecule has 0 aliphatic heterocycles. The molecule has 2 unspecified atom stereocenters. The van der Waals surface area contributed by atoms with Crippen molar-refractivity contribution in [3.63, 3.8) is 0 Å². The van der Waals surface area contributed by atoms with E-state index in [2.05, 4.69) is 5.32 Å². The molecule has 4 aliphatic rings. The molecule has 4 saturated carbocycles. The molecule has 0 heterocycles. The van der Waals surface area contributed by atoms with Gasteiger partial charge in [0.2, 0.25) is 0 Å². The number of nitrogens with one attached hydrogen (secondary N) is 1. The molecule has 4 aliphatic carbocycles. The van der Waals surface area contributed by atoms with E-state index in [0.717, 1.165) is 12.8 Å². The van der Waals surface area contributed by atoms with E-state index in [4.69, 9.17) is 4.74 Å². The molecule has 4 fully saturated rings. The molecule has 108 valence electrons. The third-order valence-corrected chi connectivity index (χ3v) is 5.09. The van der Waals surface area contributed by atoms with E-state index in [9.17, 15) is 18.0 Å². The van der Waals surface area contributed by atoms with Crippen molar-refractivity contribution in [3.05, 3.63) is 0 Å². The number of ether oxygens (including phenoxy) is 1. The van der Waals surface area contributed by atoms with Crippen molar-refractivity contribution in [2.45, 2.75) is 49.9 Å².